The molecule has 0 radical (unpaired) electrons. The summed E-state index contributed by atoms with van der Waals surface area (Å²) in [6.45, 7) is 3.33. The van der Waals surface area contributed by atoms with Crippen molar-refractivity contribution in [2.45, 2.75) is 108 Å². The molecule has 0 saturated carbocycles. The molecule has 0 unspecified atom stereocenters. The van der Waals surface area contributed by atoms with Gasteiger partial charge in [0.2, 0.25) is 0 Å². The number of nitrogens with zero attached hydrogens (tertiary/aromatic N) is 6. The van der Waals surface area contributed by atoms with Crippen molar-refractivity contribution in [3.63, 3.8) is 0 Å². The maximum absolute atomic E-state index is 15.4. The van der Waals surface area contributed by atoms with Gasteiger partial charge in [0.1, 0.15) is 28.0 Å². The molecule has 0 aliphatic carbocycles. The summed E-state index contributed by atoms with van der Waals surface area (Å²) in [7, 11) is 0. The van der Waals surface area contributed by atoms with Crippen molar-refractivity contribution in [3.8, 4) is 0 Å². The van der Waals surface area contributed by atoms with Gasteiger partial charge in [-0.1, -0.05) is 111 Å². The molecular weight excluding hydrogens is 1140 g/mol. The third kappa shape index (κ3) is 15.0. The molecule has 4 aromatic carbocycles. The van der Waals surface area contributed by atoms with Crippen molar-refractivity contribution in [2.75, 3.05) is 12.3 Å². The number of Topliss-reactive ketones (excluding diaryl/α,β-unsaturated/α-hetero) is 2. The predicted octanol–water partition coefficient (Wildman–Crippen LogP) is 7.64. The number of aliphatic hydroxyl groups excluding tert-OH is 2. The van der Waals surface area contributed by atoms with Crippen LogP contribution < -0.4 is 22.8 Å². The van der Waals surface area contributed by atoms with Crippen LogP contribution >= 0.6 is 35.3 Å². The quantitative estimate of drug-likeness (QED) is 0.0620. The number of alkyl halides is 3. The number of rotatable bonds is 16. The second-order valence-electron chi connectivity index (χ2n) is 19.2. The Hall–Kier alpha value is -7.64. The lowest BCUT2D eigenvalue weighted by molar-refractivity contribution is 0.00194. The Morgan fingerprint density at radius 1 is 0.506 bits per heavy atom. The summed E-state index contributed by atoms with van der Waals surface area (Å²) in [5.74, 6) is -1.53. The number of ketones is 2. The number of aliphatic hydroxyl groups is 2. The number of aromatic nitrogens is 6. The van der Waals surface area contributed by atoms with Crippen molar-refractivity contribution in [3.05, 3.63) is 223 Å². The second-order valence-corrected chi connectivity index (χ2v) is 23.3. The van der Waals surface area contributed by atoms with E-state index in [-0.39, 0.29) is 52.0 Å². The van der Waals surface area contributed by atoms with Crippen LogP contribution in [0.4, 0.5) is 19.0 Å². The highest BCUT2D eigenvalue weighted by Crippen LogP contribution is 2.47. The second kappa shape index (κ2) is 28.6. The van der Waals surface area contributed by atoms with Crippen LogP contribution in [-0.4, -0.2) is 122 Å². The molecule has 6 heterocycles. The van der Waals surface area contributed by atoms with Gasteiger partial charge in [-0.25, -0.2) is 37.1 Å². The minimum atomic E-state index is -1.74. The van der Waals surface area contributed by atoms with E-state index in [0.717, 1.165) is 16.3 Å². The highest BCUT2D eigenvalue weighted by atomic mass is 32.2. The summed E-state index contributed by atoms with van der Waals surface area (Å²) in [6.07, 6.45) is -2.65. The van der Waals surface area contributed by atoms with Crippen molar-refractivity contribution in [1.29, 1.82) is 0 Å². The molecule has 3 aliphatic rings. The van der Waals surface area contributed by atoms with Crippen LogP contribution in [0.2, 0.25) is 0 Å². The number of benzene rings is 4. The van der Waals surface area contributed by atoms with E-state index >= 15 is 8.78 Å². The molecule has 24 heteroatoms. The number of nitrogen functional groups attached to an aromatic ring is 1. The van der Waals surface area contributed by atoms with E-state index in [2.05, 4.69) is 15.0 Å². The summed E-state index contributed by atoms with van der Waals surface area (Å²) in [4.78, 5) is 98.0. The lowest BCUT2D eigenvalue weighted by Crippen LogP contribution is -2.37. The number of ether oxygens (including phenoxy) is 2. The summed E-state index contributed by atoms with van der Waals surface area (Å²) in [6, 6.07) is 38.5. The monoisotopic (exact) mass is 1190 g/mol. The Balaban J connectivity index is 0.000000171. The normalized spacial score (nSPS) is 24.3. The number of hydrogen-bond donors (Lipinski definition) is 3. The topological polar surface area (TPSA) is 258 Å². The highest BCUT2D eigenvalue weighted by Gasteiger charge is 2.50. The lowest BCUT2D eigenvalue weighted by atomic mass is 10.1. The largest absolute Gasteiger partial charge is 0.454 e. The van der Waals surface area contributed by atoms with E-state index in [1.807, 2.05) is 19.9 Å². The van der Waals surface area contributed by atoms with Crippen LogP contribution in [-0.2, 0) is 22.3 Å². The van der Waals surface area contributed by atoms with E-state index in [0.29, 0.717) is 35.2 Å². The average Bonchev–Trinajstić information content (AvgIpc) is 4.31. The number of nitrogens with two attached hydrogens (primary N) is 1. The minimum absolute atomic E-state index is 0.0220. The number of carbonyl (C=O) groups excluding carboxylic acids is 4. The Labute approximate surface area is 486 Å². The molecule has 4 N–H and O–H groups in total. The Morgan fingerprint density at radius 3 is 1.23 bits per heavy atom. The van der Waals surface area contributed by atoms with Crippen molar-refractivity contribution in [1.82, 2.24) is 28.7 Å². The fourth-order valence-corrected chi connectivity index (χ4v) is 13.6. The molecule has 3 saturated heterocycles. The van der Waals surface area contributed by atoms with Crippen LogP contribution in [0, 0.1) is 0 Å². The number of hydrogen-bond acceptors (Lipinski definition) is 18. The third-order valence-electron chi connectivity index (χ3n) is 13.6. The highest BCUT2D eigenvalue weighted by molar-refractivity contribution is 8.00. The van der Waals surface area contributed by atoms with Gasteiger partial charge in [-0.15, -0.1) is 35.3 Å². The average molecular weight is 1190 g/mol. The molecule has 434 valence electrons. The maximum atomic E-state index is 15.4. The van der Waals surface area contributed by atoms with Crippen LogP contribution in [0.15, 0.2) is 173 Å². The molecule has 0 spiro atoms. The smallest absolute Gasteiger partial charge is 0.350 e. The summed E-state index contributed by atoms with van der Waals surface area (Å²) >= 11 is 3.51. The molecule has 0 bridgehead atoms. The molecule has 3 aromatic heterocycles. The van der Waals surface area contributed by atoms with Gasteiger partial charge in [-0.2, -0.15) is 15.0 Å². The first-order valence-electron chi connectivity index (χ1n) is 26.4. The molecule has 3 fully saturated rings. The summed E-state index contributed by atoms with van der Waals surface area (Å²) in [5, 5.41) is 15.5. The summed E-state index contributed by atoms with van der Waals surface area (Å²) < 4.78 is 59.0. The van der Waals surface area contributed by atoms with E-state index in [1.165, 1.54) is 63.4 Å². The van der Waals surface area contributed by atoms with Crippen molar-refractivity contribution >= 4 is 64.6 Å². The first-order valence-corrected chi connectivity index (χ1v) is 29.2. The number of carbonyl (C=O) groups is 4. The fraction of sp³-hybridized carbons (Fsp3) is 0.322. The SMILES string of the molecule is CC[C@H]1S[C@@H](n2ccc(CC(=O)c3ccccc3)nc2=O)[C@@H](F)[C@@H]1OC(=O)c1ccccc1.CC[C@H]1S[C@@H](n2ccc(N)nc2=O)[C@@H](F)[C@@H]1O.O=C(Cc1ccn([C@@H]2S[C@H](CO)[C@@H](OC(=O)c3ccccc3)[C@@H]2F)c(=O)n1)c1ccccc1. The molecule has 0 amide bonds. The summed E-state index contributed by atoms with van der Waals surface area (Å²) in [5.41, 5.74) is 5.66. The van der Waals surface area contributed by atoms with Gasteiger partial charge < -0.3 is 25.4 Å². The molecule has 3 aliphatic heterocycles. The van der Waals surface area contributed by atoms with Gasteiger partial charge in [0.05, 0.1) is 53.3 Å². The zero-order chi connectivity index (χ0) is 59.3. The first kappa shape index (κ1) is 61.4. The molecule has 12 atom stereocenters. The van der Waals surface area contributed by atoms with Crippen LogP contribution in [0.5, 0.6) is 0 Å². The molecule has 7 aromatic rings. The van der Waals surface area contributed by atoms with E-state index < -0.39 is 93.8 Å². The van der Waals surface area contributed by atoms with Gasteiger partial charge in [0.15, 0.2) is 36.2 Å². The zero-order valence-corrected chi connectivity index (χ0v) is 47.1. The number of halogens is 3. The molecular formula is C59H58F3N7O11S3. The van der Waals surface area contributed by atoms with Crippen LogP contribution in [0.1, 0.15) is 95.6 Å². The van der Waals surface area contributed by atoms with E-state index in [1.54, 1.807) is 121 Å². The van der Waals surface area contributed by atoms with Gasteiger partial charge >= 0.3 is 29.0 Å². The lowest BCUT2D eigenvalue weighted by Gasteiger charge is -2.20. The molecule has 83 heavy (non-hydrogen) atoms. The van der Waals surface area contributed by atoms with E-state index in [4.69, 9.17) is 15.2 Å². The standard InChI is InChI=1S/C25H23FN2O4S.C24H21FN2O5S.C10H14FN3O2S/c1-2-20-22(32-24(30)17-11-7-4-8-12-17)21(26)23(33-20)28-14-13-18(27-25(28)31)15-19(29)16-9-5-3-6-10-16;25-20-21(32-23(30)16-9-5-2-6-10-16)19(14-28)33-22(20)27-12-11-17(26-24(27)31)13-18(29)15-7-3-1-4-8-15;1-2-5-8(15)7(11)9(17-5)14-4-3-6(12)13-10(14)16/h3-14,20-23H,2,15H2,1H3;1-12,19-22,28H,13-14H2;3-5,7-9,15H,2H2,1H3,(H2,12,13,16)/t20-,21+,22-,23-;19-,20+,21-,22-;5-,7+,8-,9-/m111/s1. The maximum Gasteiger partial charge on any atom is 0.350 e. The number of thioether (sulfide) groups is 3. The number of esters is 2. The molecule has 10 rings (SSSR count). The van der Waals surface area contributed by atoms with E-state index in [9.17, 15) is 48.2 Å². The molecule has 18 nitrogen and oxygen atoms in total. The van der Waals surface area contributed by atoms with Gasteiger partial charge in [0, 0.05) is 40.2 Å². The fourth-order valence-electron chi connectivity index (χ4n) is 9.27. The van der Waals surface area contributed by atoms with Gasteiger partial charge in [0.25, 0.3) is 0 Å². The van der Waals surface area contributed by atoms with Crippen LogP contribution in [0.3, 0.4) is 0 Å². The first-order chi connectivity index (χ1) is 40.0. The van der Waals surface area contributed by atoms with Crippen LogP contribution in [0.25, 0.3) is 0 Å². The third-order valence-corrected chi connectivity index (χ3v) is 18.6. The Bertz CT molecular complexity index is 3350. The zero-order valence-electron chi connectivity index (χ0n) is 44.7. The van der Waals surface area contributed by atoms with Gasteiger partial charge in [-0.3, -0.25) is 23.3 Å². The van der Waals surface area contributed by atoms with Crippen molar-refractivity contribution in [2.24, 2.45) is 0 Å². The Kier molecular flexibility index (Phi) is 21.1. The van der Waals surface area contributed by atoms with Gasteiger partial charge in [-0.05, 0) is 55.3 Å². The van der Waals surface area contributed by atoms with Crippen molar-refractivity contribution < 1.29 is 52.0 Å². The predicted molar refractivity (Wildman–Crippen MR) is 310 cm³/mol. The minimum Gasteiger partial charge on any atom is -0.454 e. The number of anilines is 1. The Morgan fingerprint density at radius 2 is 0.855 bits per heavy atom.